The molecule has 0 saturated carbocycles. The van der Waals surface area contributed by atoms with Gasteiger partial charge in [-0.3, -0.25) is 0 Å². The van der Waals surface area contributed by atoms with Crippen LogP contribution < -0.4 is 9.47 Å². The summed E-state index contributed by atoms with van der Waals surface area (Å²) in [5, 5.41) is 1.22. The van der Waals surface area contributed by atoms with Crippen LogP contribution >= 0.6 is 11.3 Å². The molecule has 4 heteroatoms. The van der Waals surface area contributed by atoms with E-state index in [1.165, 1.54) is 21.7 Å². The molecular formula is C19H16O3S. The largest absolute Gasteiger partial charge is 0.497 e. The van der Waals surface area contributed by atoms with Crippen LogP contribution in [0.4, 0.5) is 0 Å². The van der Waals surface area contributed by atoms with Gasteiger partial charge in [-0.25, -0.2) is 4.79 Å². The number of thiophene rings is 1. The van der Waals surface area contributed by atoms with E-state index in [1.54, 1.807) is 42.7 Å². The lowest BCUT2D eigenvalue weighted by Gasteiger charge is -2.02. The quantitative estimate of drug-likeness (QED) is 0.391. The molecular weight excluding hydrogens is 308 g/mol. The van der Waals surface area contributed by atoms with Gasteiger partial charge in [0.25, 0.3) is 0 Å². The van der Waals surface area contributed by atoms with Crippen molar-refractivity contribution in [2.75, 3.05) is 7.11 Å². The van der Waals surface area contributed by atoms with E-state index in [-0.39, 0.29) is 0 Å². The van der Waals surface area contributed by atoms with Crippen molar-refractivity contribution in [3.63, 3.8) is 0 Å². The molecule has 116 valence electrons. The van der Waals surface area contributed by atoms with Crippen molar-refractivity contribution in [3.05, 3.63) is 65.0 Å². The van der Waals surface area contributed by atoms with E-state index in [4.69, 9.17) is 9.47 Å². The Morgan fingerprint density at radius 2 is 1.74 bits per heavy atom. The summed E-state index contributed by atoms with van der Waals surface area (Å²) in [6.07, 6.45) is 3.27. The first-order chi connectivity index (χ1) is 11.2. The topological polar surface area (TPSA) is 35.5 Å². The predicted molar refractivity (Wildman–Crippen MR) is 94.2 cm³/mol. The van der Waals surface area contributed by atoms with Gasteiger partial charge in [-0.2, -0.15) is 0 Å². The first kappa shape index (κ1) is 15.3. The summed E-state index contributed by atoms with van der Waals surface area (Å²) in [5.41, 5.74) is 1.18. The van der Waals surface area contributed by atoms with Gasteiger partial charge < -0.3 is 9.47 Å². The van der Waals surface area contributed by atoms with Crippen molar-refractivity contribution in [1.29, 1.82) is 0 Å². The molecule has 1 heterocycles. The Hall–Kier alpha value is -2.59. The van der Waals surface area contributed by atoms with Crippen LogP contribution in [0.3, 0.4) is 0 Å². The Kier molecular flexibility index (Phi) is 4.44. The molecule has 3 nitrogen and oxygen atoms in total. The molecule has 0 atom stereocenters. The van der Waals surface area contributed by atoms with Crippen molar-refractivity contribution in [2.24, 2.45) is 0 Å². The highest BCUT2D eigenvalue weighted by molar-refractivity contribution is 7.20. The molecule has 0 aliphatic heterocycles. The van der Waals surface area contributed by atoms with Crippen molar-refractivity contribution in [3.8, 4) is 11.5 Å². The first-order valence-electron chi connectivity index (χ1n) is 7.19. The van der Waals surface area contributed by atoms with Crippen LogP contribution in [-0.4, -0.2) is 13.1 Å². The number of carbonyl (C=O) groups excluding carboxylic acids is 1. The number of methoxy groups -OCH3 is 1. The zero-order valence-electron chi connectivity index (χ0n) is 12.9. The van der Waals surface area contributed by atoms with Crippen LogP contribution in [0.15, 0.2) is 54.6 Å². The molecule has 0 aliphatic carbocycles. The third kappa shape index (κ3) is 3.43. The van der Waals surface area contributed by atoms with Crippen LogP contribution in [0.2, 0.25) is 0 Å². The zero-order chi connectivity index (χ0) is 16.2. The van der Waals surface area contributed by atoms with Gasteiger partial charge in [-0.05, 0) is 54.3 Å². The minimum atomic E-state index is -0.396. The highest BCUT2D eigenvalue weighted by Crippen LogP contribution is 2.31. The van der Waals surface area contributed by atoms with E-state index in [9.17, 15) is 4.79 Å². The van der Waals surface area contributed by atoms with Gasteiger partial charge in [0.15, 0.2) is 0 Å². The second-order valence-electron chi connectivity index (χ2n) is 5.02. The third-order valence-electron chi connectivity index (χ3n) is 3.53. The van der Waals surface area contributed by atoms with E-state index >= 15 is 0 Å². The van der Waals surface area contributed by atoms with Crippen molar-refractivity contribution >= 4 is 33.5 Å². The number of fused-ring (bicyclic) bond motifs is 1. The van der Waals surface area contributed by atoms with E-state index in [0.29, 0.717) is 5.75 Å². The molecule has 0 spiro atoms. The maximum Gasteiger partial charge on any atom is 0.336 e. The number of rotatable bonds is 4. The van der Waals surface area contributed by atoms with Crippen molar-refractivity contribution in [1.82, 2.24) is 0 Å². The van der Waals surface area contributed by atoms with Crippen LogP contribution in [-0.2, 0) is 4.79 Å². The number of ether oxygens (including phenoxy) is 2. The Morgan fingerprint density at radius 3 is 2.43 bits per heavy atom. The lowest BCUT2D eigenvalue weighted by Crippen LogP contribution is -2.03. The summed E-state index contributed by atoms with van der Waals surface area (Å²) in [7, 11) is 1.59. The average Bonchev–Trinajstić information content (AvgIpc) is 2.90. The van der Waals surface area contributed by atoms with Crippen LogP contribution in [0.5, 0.6) is 11.5 Å². The molecule has 0 fully saturated rings. The summed E-state index contributed by atoms with van der Waals surface area (Å²) in [6, 6.07) is 15.1. The monoisotopic (exact) mass is 324 g/mol. The van der Waals surface area contributed by atoms with Gasteiger partial charge >= 0.3 is 5.97 Å². The molecule has 0 amide bonds. The number of hydrogen-bond acceptors (Lipinski definition) is 4. The lowest BCUT2D eigenvalue weighted by atomic mass is 10.1. The predicted octanol–water partition coefficient (Wildman–Crippen LogP) is 4.84. The summed E-state index contributed by atoms with van der Waals surface area (Å²) >= 11 is 1.67. The van der Waals surface area contributed by atoms with Crippen molar-refractivity contribution in [2.45, 2.75) is 6.92 Å². The van der Waals surface area contributed by atoms with E-state index < -0.39 is 5.97 Å². The molecule has 2 aromatic carbocycles. The summed E-state index contributed by atoms with van der Waals surface area (Å²) in [4.78, 5) is 13.0. The second kappa shape index (κ2) is 6.67. The minimum absolute atomic E-state index is 0.396. The fourth-order valence-electron chi connectivity index (χ4n) is 2.29. The van der Waals surface area contributed by atoms with Gasteiger partial charge in [0.1, 0.15) is 11.5 Å². The smallest absolute Gasteiger partial charge is 0.336 e. The minimum Gasteiger partial charge on any atom is -0.497 e. The molecule has 0 aliphatic rings. The first-order valence-corrected chi connectivity index (χ1v) is 8.01. The average molecular weight is 324 g/mol. The Balaban J connectivity index is 1.73. The van der Waals surface area contributed by atoms with Gasteiger partial charge in [0, 0.05) is 15.7 Å². The molecule has 23 heavy (non-hydrogen) atoms. The Labute approximate surface area is 138 Å². The maximum atomic E-state index is 11.9. The second-order valence-corrected chi connectivity index (χ2v) is 6.10. The molecule has 0 radical (unpaired) electrons. The van der Waals surface area contributed by atoms with Crippen LogP contribution in [0.25, 0.3) is 16.2 Å². The molecule has 3 rings (SSSR count). The van der Waals surface area contributed by atoms with Gasteiger partial charge in [-0.1, -0.05) is 18.2 Å². The summed E-state index contributed by atoms with van der Waals surface area (Å²) in [5.74, 6) is 0.821. The number of hydrogen-bond donors (Lipinski definition) is 0. The van der Waals surface area contributed by atoms with Crippen LogP contribution in [0, 0.1) is 6.92 Å². The molecule has 0 saturated heterocycles. The number of aryl methyl sites for hydroxylation is 1. The molecule has 0 N–H and O–H groups in total. The standard InChI is InChI=1S/C19H16O3S/c1-13-16-5-3-4-6-18(16)23-17(13)11-12-19(20)22-15-9-7-14(21-2)8-10-15/h3-12H,1-2H3/b12-11+. The maximum absolute atomic E-state index is 11.9. The van der Waals surface area contributed by atoms with E-state index in [0.717, 1.165) is 10.6 Å². The van der Waals surface area contributed by atoms with E-state index in [1.807, 2.05) is 18.2 Å². The molecule has 0 bridgehead atoms. The number of carbonyl (C=O) groups is 1. The fourth-order valence-corrected chi connectivity index (χ4v) is 3.40. The SMILES string of the molecule is COc1ccc(OC(=O)/C=C/c2sc3ccccc3c2C)cc1. The van der Waals surface area contributed by atoms with Crippen molar-refractivity contribution < 1.29 is 14.3 Å². The lowest BCUT2D eigenvalue weighted by molar-refractivity contribution is -0.128. The van der Waals surface area contributed by atoms with Gasteiger partial charge in [-0.15, -0.1) is 11.3 Å². The Morgan fingerprint density at radius 1 is 1.04 bits per heavy atom. The highest BCUT2D eigenvalue weighted by Gasteiger charge is 2.06. The summed E-state index contributed by atoms with van der Waals surface area (Å²) < 4.78 is 11.6. The third-order valence-corrected chi connectivity index (χ3v) is 4.77. The number of benzene rings is 2. The van der Waals surface area contributed by atoms with Crippen LogP contribution in [0.1, 0.15) is 10.4 Å². The molecule has 1 aromatic heterocycles. The molecule has 0 unspecified atom stereocenters. The summed E-state index contributed by atoms with van der Waals surface area (Å²) in [6.45, 7) is 2.06. The fraction of sp³-hybridized carbons (Fsp3) is 0.105. The normalized spacial score (nSPS) is 11.0. The van der Waals surface area contributed by atoms with Gasteiger partial charge in [0.2, 0.25) is 0 Å². The Bertz CT molecular complexity index is 860. The van der Waals surface area contributed by atoms with Gasteiger partial charge in [0.05, 0.1) is 7.11 Å². The number of esters is 1. The van der Waals surface area contributed by atoms with E-state index in [2.05, 4.69) is 19.1 Å². The zero-order valence-corrected chi connectivity index (χ0v) is 13.7. The molecule has 3 aromatic rings. The highest BCUT2D eigenvalue weighted by atomic mass is 32.1.